The van der Waals surface area contributed by atoms with E-state index in [-0.39, 0.29) is 0 Å². The first kappa shape index (κ1) is 14.1. The van der Waals surface area contributed by atoms with Crippen LogP contribution in [0, 0.1) is 0 Å². The maximum atomic E-state index is 4.29. The zero-order valence-corrected chi connectivity index (χ0v) is 13.6. The van der Waals surface area contributed by atoms with Crippen molar-refractivity contribution in [3.63, 3.8) is 0 Å². The largest absolute Gasteiger partial charge is 0.239 e. The number of hydrogen-bond acceptors (Lipinski definition) is 4. The van der Waals surface area contributed by atoms with E-state index in [9.17, 15) is 0 Å². The Balaban J connectivity index is 1.55. The molecule has 0 spiro atoms. The summed E-state index contributed by atoms with van der Waals surface area (Å²) < 4.78 is 3.81. The van der Waals surface area contributed by atoms with Gasteiger partial charge in [-0.15, -0.1) is 10.2 Å². The highest BCUT2D eigenvalue weighted by atomic mass is 15.5. The fourth-order valence-corrected chi connectivity index (χ4v) is 3.36. The average Bonchev–Trinajstić information content (AvgIpc) is 3.29. The van der Waals surface area contributed by atoms with Gasteiger partial charge in [-0.3, -0.25) is 0 Å². The zero-order valence-electron chi connectivity index (χ0n) is 13.6. The van der Waals surface area contributed by atoms with E-state index in [2.05, 4.69) is 69.2 Å². The van der Waals surface area contributed by atoms with Crippen LogP contribution in [-0.2, 0) is 19.4 Å². The summed E-state index contributed by atoms with van der Waals surface area (Å²) >= 11 is 0. The highest BCUT2D eigenvalue weighted by molar-refractivity contribution is 5.71. The van der Waals surface area contributed by atoms with Gasteiger partial charge in [0, 0.05) is 5.56 Å². The molecule has 0 atom stereocenters. The normalized spacial score (nSPS) is 12.2. The van der Waals surface area contributed by atoms with Gasteiger partial charge in [-0.1, -0.05) is 52.9 Å². The van der Waals surface area contributed by atoms with Gasteiger partial charge < -0.3 is 0 Å². The van der Waals surface area contributed by atoms with E-state index in [1.165, 1.54) is 11.1 Å². The predicted octanol–water partition coefficient (Wildman–Crippen LogP) is 2.67. The fraction of sp³-hybridized carbons (Fsp3) is 0.158. The van der Waals surface area contributed by atoms with Crippen molar-refractivity contribution >= 4 is 0 Å². The van der Waals surface area contributed by atoms with Gasteiger partial charge >= 0.3 is 0 Å². The average molecular weight is 328 g/mol. The lowest BCUT2D eigenvalue weighted by Crippen LogP contribution is -2.05. The van der Waals surface area contributed by atoms with Crippen LogP contribution in [0.3, 0.4) is 0 Å². The lowest BCUT2D eigenvalue weighted by atomic mass is 10.0. The lowest BCUT2D eigenvalue weighted by Gasteiger charge is -2.10. The summed E-state index contributed by atoms with van der Waals surface area (Å²) in [6.07, 6.45) is 5.60. The monoisotopic (exact) mass is 328 g/mol. The van der Waals surface area contributed by atoms with Crippen molar-refractivity contribution in [2.75, 3.05) is 0 Å². The Morgan fingerprint density at radius 1 is 0.840 bits per heavy atom. The Labute approximate surface area is 144 Å². The number of aryl methyl sites for hydroxylation is 2. The molecule has 0 bridgehead atoms. The Bertz CT molecular complexity index is 1030. The lowest BCUT2D eigenvalue weighted by molar-refractivity contribution is 0.632. The Hall–Kier alpha value is -3.28. The molecule has 5 rings (SSSR count). The summed E-state index contributed by atoms with van der Waals surface area (Å²) in [4.78, 5) is 0. The second-order valence-electron chi connectivity index (χ2n) is 6.25. The minimum Gasteiger partial charge on any atom is -0.239 e. The number of benzene rings is 2. The van der Waals surface area contributed by atoms with E-state index >= 15 is 0 Å². The molecule has 1 aliphatic rings. The Morgan fingerprint density at radius 3 is 2.60 bits per heavy atom. The fourth-order valence-electron chi connectivity index (χ4n) is 3.36. The summed E-state index contributed by atoms with van der Waals surface area (Å²) in [5.74, 6) is 0. The molecule has 25 heavy (non-hydrogen) atoms. The summed E-state index contributed by atoms with van der Waals surface area (Å²) in [6, 6.07) is 17.1. The minimum absolute atomic E-state index is 0.621. The summed E-state index contributed by atoms with van der Waals surface area (Å²) in [5.41, 5.74) is 6.77. The van der Waals surface area contributed by atoms with Gasteiger partial charge in [0.2, 0.25) is 0 Å². The van der Waals surface area contributed by atoms with Crippen LogP contribution < -0.4 is 0 Å². The second-order valence-corrected chi connectivity index (χ2v) is 6.25. The molecule has 2 aromatic carbocycles. The topological polar surface area (TPSA) is 61.4 Å². The summed E-state index contributed by atoms with van der Waals surface area (Å²) in [7, 11) is 0. The standard InChI is InChI=1S/C19H16N6/c1-2-4-14(5-3-1)6-7-15-8-9-17-18(10-15)25-16(11-20-23-25)13-24-19(17)12-21-22-24/h1-5,8-12H,6-7,13H2. The maximum Gasteiger partial charge on any atom is 0.0911 e. The molecule has 0 radical (unpaired) electrons. The minimum atomic E-state index is 0.621. The molecular formula is C19H16N6. The molecular weight excluding hydrogens is 312 g/mol. The van der Waals surface area contributed by atoms with Gasteiger partial charge in [-0.05, 0) is 30.0 Å². The molecule has 6 nitrogen and oxygen atoms in total. The van der Waals surface area contributed by atoms with Crippen molar-refractivity contribution in [3.05, 3.63) is 77.7 Å². The van der Waals surface area contributed by atoms with Crippen molar-refractivity contribution in [2.24, 2.45) is 0 Å². The predicted molar refractivity (Wildman–Crippen MR) is 93.3 cm³/mol. The Morgan fingerprint density at radius 2 is 1.68 bits per heavy atom. The second kappa shape index (κ2) is 5.66. The van der Waals surface area contributed by atoms with Gasteiger partial charge in [0.25, 0.3) is 0 Å². The van der Waals surface area contributed by atoms with Crippen LogP contribution in [0.4, 0.5) is 0 Å². The molecule has 0 aliphatic carbocycles. The first-order chi connectivity index (χ1) is 12.4. The van der Waals surface area contributed by atoms with Crippen LogP contribution in [0.2, 0.25) is 0 Å². The number of aromatic nitrogens is 6. The molecule has 4 aromatic rings. The van der Waals surface area contributed by atoms with Crippen molar-refractivity contribution < 1.29 is 0 Å². The smallest absolute Gasteiger partial charge is 0.0911 e. The number of rotatable bonds is 3. The zero-order chi connectivity index (χ0) is 16.6. The summed E-state index contributed by atoms with van der Waals surface area (Å²) in [5, 5.41) is 16.6. The van der Waals surface area contributed by atoms with Crippen molar-refractivity contribution in [1.29, 1.82) is 0 Å². The quantitative estimate of drug-likeness (QED) is 0.511. The third kappa shape index (κ3) is 2.42. The molecule has 0 saturated heterocycles. The molecule has 0 fully saturated rings. The maximum absolute atomic E-state index is 4.29. The molecule has 122 valence electrons. The highest BCUT2D eigenvalue weighted by Crippen LogP contribution is 2.31. The molecule has 6 heteroatoms. The van der Waals surface area contributed by atoms with E-state index < -0.39 is 0 Å². The van der Waals surface area contributed by atoms with Gasteiger partial charge in [-0.25, -0.2) is 9.36 Å². The van der Waals surface area contributed by atoms with Crippen LogP contribution in [0.5, 0.6) is 0 Å². The number of fused-ring (bicyclic) bond motifs is 5. The first-order valence-corrected chi connectivity index (χ1v) is 8.34. The molecule has 2 aromatic heterocycles. The van der Waals surface area contributed by atoms with Gasteiger partial charge in [0.05, 0.1) is 36.0 Å². The van der Waals surface area contributed by atoms with E-state index in [1.54, 1.807) is 6.20 Å². The van der Waals surface area contributed by atoms with Crippen LogP contribution in [0.25, 0.3) is 16.9 Å². The first-order valence-electron chi connectivity index (χ1n) is 8.34. The van der Waals surface area contributed by atoms with E-state index in [0.717, 1.165) is 35.5 Å². The van der Waals surface area contributed by atoms with Gasteiger partial charge in [0.1, 0.15) is 0 Å². The molecule has 1 aliphatic heterocycles. The van der Waals surface area contributed by atoms with Crippen molar-refractivity contribution in [2.45, 2.75) is 19.4 Å². The van der Waals surface area contributed by atoms with Crippen molar-refractivity contribution in [3.8, 4) is 16.9 Å². The van der Waals surface area contributed by atoms with Gasteiger partial charge in [0.15, 0.2) is 0 Å². The number of nitrogens with zero attached hydrogens (tertiary/aromatic N) is 6. The molecule has 0 saturated carbocycles. The SMILES string of the molecule is c1ccc(CCc2ccc3c(c2)-n2nncc2Cn2nncc2-3)cc1. The molecule has 3 heterocycles. The van der Waals surface area contributed by atoms with E-state index in [0.29, 0.717) is 6.54 Å². The van der Waals surface area contributed by atoms with Crippen LogP contribution in [-0.4, -0.2) is 30.0 Å². The van der Waals surface area contributed by atoms with Crippen LogP contribution in [0.15, 0.2) is 60.9 Å². The molecule has 0 amide bonds. The van der Waals surface area contributed by atoms with Crippen molar-refractivity contribution in [1.82, 2.24) is 30.0 Å². The molecule has 0 unspecified atom stereocenters. The van der Waals surface area contributed by atoms with E-state index in [1.807, 2.05) is 15.6 Å². The van der Waals surface area contributed by atoms with Crippen LogP contribution >= 0.6 is 0 Å². The third-order valence-electron chi connectivity index (χ3n) is 4.66. The Kier molecular flexibility index (Phi) is 3.19. The number of hydrogen-bond donors (Lipinski definition) is 0. The van der Waals surface area contributed by atoms with Crippen LogP contribution in [0.1, 0.15) is 16.8 Å². The highest BCUT2D eigenvalue weighted by Gasteiger charge is 2.21. The summed E-state index contributed by atoms with van der Waals surface area (Å²) in [6.45, 7) is 0.621. The molecule has 0 N–H and O–H groups in total. The van der Waals surface area contributed by atoms with E-state index in [4.69, 9.17) is 0 Å². The van der Waals surface area contributed by atoms with Gasteiger partial charge in [-0.2, -0.15) is 0 Å². The third-order valence-corrected chi connectivity index (χ3v) is 4.66.